The summed E-state index contributed by atoms with van der Waals surface area (Å²) in [7, 11) is 0. The molecule has 3 aliphatic carbocycles. The molecule has 1 heterocycles. The van der Waals surface area contributed by atoms with Gasteiger partial charge in [-0.25, -0.2) is 4.98 Å². The van der Waals surface area contributed by atoms with Gasteiger partial charge in [-0.15, -0.1) is 0 Å². The van der Waals surface area contributed by atoms with Crippen LogP contribution >= 0.6 is 0 Å². The molecule has 0 fully saturated rings. The smallest absolute Gasteiger partial charge is 0.145 e. The molecule has 0 spiro atoms. The fraction of sp³-hybridized carbons (Fsp3) is 0.141. The highest BCUT2D eigenvalue weighted by molar-refractivity contribution is 5.91. The maximum atomic E-state index is 5.24. The number of nitrogens with zero attached hydrogens (tertiary/aromatic N) is 3. The highest BCUT2D eigenvalue weighted by Crippen LogP contribution is 2.57. The Morgan fingerprint density at radius 1 is 0.597 bits per heavy atom. The number of allylic oxidation sites excluding steroid dienone is 12. The summed E-state index contributed by atoms with van der Waals surface area (Å²) in [4.78, 5) is 7.66. The SMILES string of the molecule is C/C(=C\C=C(/C)c1ccc(N(c2ccc(-c3nc4ccccc4n3C3=CC=CCC3)cc2)c2ccc3c(c2)C(c2ccc(C)cc2)(c2ccc(C)cc2)c2ccccc2-3)cc1)C1=CCCC=C1. The van der Waals surface area contributed by atoms with Gasteiger partial charge in [-0.05, 0) is 176 Å². The Hall–Kier alpha value is -7.75. The largest absolute Gasteiger partial charge is 0.310 e. The van der Waals surface area contributed by atoms with Crippen molar-refractivity contribution in [3.05, 3.63) is 262 Å². The quantitative estimate of drug-likeness (QED) is 0.128. The summed E-state index contributed by atoms with van der Waals surface area (Å²) < 4.78 is 2.35. The van der Waals surface area contributed by atoms with Crippen LogP contribution in [0.15, 0.2) is 224 Å². The topological polar surface area (TPSA) is 21.1 Å². The minimum absolute atomic E-state index is 0.526. The highest BCUT2D eigenvalue weighted by atomic mass is 15.1. The van der Waals surface area contributed by atoms with Crippen molar-refractivity contribution in [1.82, 2.24) is 9.55 Å². The number of aryl methyl sites for hydroxylation is 2. The zero-order valence-corrected chi connectivity index (χ0v) is 38.9. The number of benzene rings is 7. The number of para-hydroxylation sites is 2. The van der Waals surface area contributed by atoms with Gasteiger partial charge in [0.1, 0.15) is 5.82 Å². The van der Waals surface area contributed by atoms with Gasteiger partial charge in [0.05, 0.1) is 16.4 Å². The predicted molar refractivity (Wildman–Crippen MR) is 283 cm³/mol. The molecule has 11 rings (SSSR count). The van der Waals surface area contributed by atoms with Crippen molar-refractivity contribution < 1.29 is 0 Å². The molecule has 0 atom stereocenters. The number of anilines is 3. The molecule has 0 N–H and O–H groups in total. The van der Waals surface area contributed by atoms with Crippen LogP contribution in [0.25, 0.3) is 44.8 Å². The van der Waals surface area contributed by atoms with Gasteiger partial charge in [0.25, 0.3) is 0 Å². The summed E-state index contributed by atoms with van der Waals surface area (Å²) in [5.41, 5.74) is 22.4. The van der Waals surface area contributed by atoms with E-state index in [1.165, 1.54) is 72.5 Å². The van der Waals surface area contributed by atoms with Crippen LogP contribution in [-0.4, -0.2) is 9.55 Å². The first-order valence-corrected chi connectivity index (χ1v) is 23.8. The Labute approximate surface area is 395 Å². The molecule has 0 saturated heterocycles. The molecular weight excluding hydrogens is 811 g/mol. The van der Waals surface area contributed by atoms with Crippen LogP contribution < -0.4 is 4.90 Å². The predicted octanol–water partition coefficient (Wildman–Crippen LogP) is 17.0. The minimum atomic E-state index is -0.526. The summed E-state index contributed by atoms with van der Waals surface area (Å²) in [5.74, 6) is 0.962. The summed E-state index contributed by atoms with van der Waals surface area (Å²) >= 11 is 0. The maximum absolute atomic E-state index is 5.24. The van der Waals surface area contributed by atoms with E-state index in [0.29, 0.717) is 0 Å². The third-order valence-electron chi connectivity index (χ3n) is 14.1. The van der Waals surface area contributed by atoms with Gasteiger partial charge in [0, 0.05) is 28.3 Å². The number of rotatable bonds is 10. The van der Waals surface area contributed by atoms with E-state index in [1.54, 1.807) is 0 Å². The molecule has 67 heavy (non-hydrogen) atoms. The van der Waals surface area contributed by atoms with Crippen LogP contribution in [0.3, 0.4) is 0 Å². The Morgan fingerprint density at radius 3 is 1.93 bits per heavy atom. The van der Waals surface area contributed by atoms with Crippen LogP contribution in [0.1, 0.15) is 78.5 Å². The fourth-order valence-electron chi connectivity index (χ4n) is 10.5. The van der Waals surface area contributed by atoms with Crippen LogP contribution in [0, 0.1) is 13.8 Å². The van der Waals surface area contributed by atoms with Gasteiger partial charge >= 0.3 is 0 Å². The minimum Gasteiger partial charge on any atom is -0.310 e. The van der Waals surface area contributed by atoms with Crippen LogP contribution in [0.2, 0.25) is 0 Å². The molecule has 0 amide bonds. The van der Waals surface area contributed by atoms with E-state index in [9.17, 15) is 0 Å². The van der Waals surface area contributed by atoms with E-state index in [2.05, 4.69) is 250 Å². The average molecular weight is 866 g/mol. The van der Waals surface area contributed by atoms with Gasteiger partial charge in [-0.3, -0.25) is 4.57 Å². The Morgan fingerprint density at radius 2 is 1.24 bits per heavy atom. The number of imidazole rings is 1. The van der Waals surface area contributed by atoms with E-state index < -0.39 is 5.41 Å². The molecule has 0 unspecified atom stereocenters. The van der Waals surface area contributed by atoms with Crippen LogP contribution in [-0.2, 0) is 5.41 Å². The zero-order chi connectivity index (χ0) is 45.5. The lowest BCUT2D eigenvalue weighted by atomic mass is 9.67. The number of hydrogen-bond acceptors (Lipinski definition) is 2. The van der Waals surface area contributed by atoms with E-state index in [-0.39, 0.29) is 0 Å². The monoisotopic (exact) mass is 865 g/mol. The highest BCUT2D eigenvalue weighted by Gasteiger charge is 2.46. The molecule has 326 valence electrons. The fourth-order valence-corrected chi connectivity index (χ4v) is 10.5. The van der Waals surface area contributed by atoms with Crippen molar-refractivity contribution in [2.75, 3.05) is 4.90 Å². The molecule has 8 aromatic rings. The standard InChI is InChI=1S/C64H55N3/c1-44-23-33-51(34-24-44)64(52-35-25-45(2)26-36-52)59-20-12-11-19-57(59)58-42-41-56(43-60(58)64)66(54-37-29-49(30-38-54)47(4)28-27-46(3)48-15-7-5-8-16-48)55-39-31-50(32-40-55)63-65-61-21-13-14-22-62(61)67(63)53-17-9-6-10-18-53/h6-7,9,11-17,19-43H,5,8,10,18H2,1-4H3/b46-27+,47-28+. The van der Waals surface area contributed by atoms with Crippen molar-refractivity contribution >= 4 is 39.4 Å². The molecule has 1 aromatic heterocycles. The van der Waals surface area contributed by atoms with Gasteiger partial charge in [0.2, 0.25) is 0 Å². The first-order chi connectivity index (χ1) is 32.9. The Kier molecular flexibility index (Phi) is 11.0. The maximum Gasteiger partial charge on any atom is 0.145 e. The van der Waals surface area contributed by atoms with Gasteiger partial charge < -0.3 is 4.90 Å². The third kappa shape index (κ3) is 7.55. The molecule has 3 heteroatoms. The zero-order valence-electron chi connectivity index (χ0n) is 38.9. The second-order valence-corrected chi connectivity index (χ2v) is 18.4. The number of hydrogen-bond donors (Lipinski definition) is 0. The molecular formula is C64H55N3. The van der Waals surface area contributed by atoms with Crippen molar-refractivity contribution in [3.63, 3.8) is 0 Å². The lowest BCUT2D eigenvalue weighted by molar-refractivity contribution is 0.767. The van der Waals surface area contributed by atoms with Gasteiger partial charge in [0.15, 0.2) is 0 Å². The first-order valence-electron chi connectivity index (χ1n) is 23.8. The Bertz CT molecular complexity index is 3300. The summed E-state index contributed by atoms with van der Waals surface area (Å²) in [5, 5.41) is 0. The summed E-state index contributed by atoms with van der Waals surface area (Å²) in [6.07, 6.45) is 22.2. The Balaban J connectivity index is 1.07. The van der Waals surface area contributed by atoms with Gasteiger partial charge in [-0.2, -0.15) is 0 Å². The van der Waals surface area contributed by atoms with E-state index in [1.807, 2.05) is 0 Å². The summed E-state index contributed by atoms with van der Waals surface area (Å²) in [6, 6.07) is 61.2. The lowest BCUT2D eigenvalue weighted by Gasteiger charge is -2.35. The number of aromatic nitrogens is 2. The molecule has 7 aromatic carbocycles. The second-order valence-electron chi connectivity index (χ2n) is 18.4. The molecule has 0 aliphatic heterocycles. The van der Waals surface area contributed by atoms with Crippen molar-refractivity contribution in [3.8, 4) is 22.5 Å². The number of fused-ring (bicyclic) bond motifs is 4. The third-order valence-corrected chi connectivity index (χ3v) is 14.1. The van der Waals surface area contributed by atoms with Crippen LogP contribution in [0.5, 0.6) is 0 Å². The summed E-state index contributed by atoms with van der Waals surface area (Å²) in [6.45, 7) is 8.77. The van der Waals surface area contributed by atoms with Crippen molar-refractivity contribution in [2.45, 2.75) is 58.8 Å². The average Bonchev–Trinajstić information content (AvgIpc) is 3.91. The second kappa shape index (κ2) is 17.6. The lowest BCUT2D eigenvalue weighted by Crippen LogP contribution is -2.29. The molecule has 3 aliphatic rings. The molecule has 0 saturated carbocycles. The molecule has 0 radical (unpaired) electrons. The normalized spacial score (nSPS) is 15.3. The molecule has 3 nitrogen and oxygen atoms in total. The first kappa shape index (κ1) is 41.9. The van der Waals surface area contributed by atoms with Crippen LogP contribution in [0.4, 0.5) is 17.1 Å². The van der Waals surface area contributed by atoms with E-state index in [4.69, 9.17) is 4.98 Å². The van der Waals surface area contributed by atoms with Crippen molar-refractivity contribution in [1.29, 1.82) is 0 Å². The van der Waals surface area contributed by atoms with E-state index in [0.717, 1.165) is 65.2 Å². The van der Waals surface area contributed by atoms with Gasteiger partial charge in [-0.1, -0.05) is 157 Å². The van der Waals surface area contributed by atoms with E-state index >= 15 is 0 Å². The molecule has 0 bridgehead atoms. The van der Waals surface area contributed by atoms with Crippen molar-refractivity contribution in [2.24, 2.45) is 0 Å².